The zero-order valence-corrected chi connectivity index (χ0v) is 11.8. The van der Waals surface area contributed by atoms with Gasteiger partial charge in [0.2, 0.25) is 0 Å². The maximum absolute atomic E-state index is 13.6. The highest BCUT2D eigenvalue weighted by Gasteiger charge is 2.05. The summed E-state index contributed by atoms with van der Waals surface area (Å²) in [6.07, 6.45) is 1.56. The van der Waals surface area contributed by atoms with Gasteiger partial charge in [-0.15, -0.1) is 0 Å². The second-order valence-electron chi connectivity index (χ2n) is 4.39. The number of rotatable bonds is 3. The average Bonchev–Trinajstić information content (AvgIpc) is 2.33. The quantitative estimate of drug-likeness (QED) is 0.876. The van der Waals surface area contributed by atoms with Crippen LogP contribution in [0.4, 0.5) is 15.9 Å². The minimum absolute atomic E-state index is 0.232. The molecule has 2 rings (SSSR count). The van der Waals surface area contributed by atoms with Crippen LogP contribution >= 0.6 is 15.9 Å². The molecule has 2 nitrogen and oxygen atoms in total. The first kappa shape index (κ1) is 13.0. The second-order valence-corrected chi connectivity index (χ2v) is 5.30. The first-order valence-corrected chi connectivity index (χ1v) is 6.53. The molecule has 94 valence electrons. The Hall–Kier alpha value is -1.42. The Labute approximate surface area is 114 Å². The Morgan fingerprint density at radius 1 is 1.22 bits per heavy atom. The lowest BCUT2D eigenvalue weighted by Gasteiger charge is -2.09. The van der Waals surface area contributed by atoms with Crippen LogP contribution in [0.25, 0.3) is 0 Å². The van der Waals surface area contributed by atoms with Gasteiger partial charge in [-0.1, -0.05) is 26.0 Å². The number of hydrogen-bond acceptors (Lipinski definition) is 2. The van der Waals surface area contributed by atoms with Gasteiger partial charge in [0, 0.05) is 16.4 Å². The van der Waals surface area contributed by atoms with Crippen LogP contribution in [0.5, 0.6) is 0 Å². The monoisotopic (exact) mass is 308 g/mol. The standard InChI is InChI=1S/C14H14BrFN2/c1-9(2)10-3-5-12(6-4-10)18-14-13(16)7-11(15)8-17-14/h3-9H,1-2H3,(H,17,18). The molecule has 4 heteroatoms. The maximum Gasteiger partial charge on any atom is 0.166 e. The lowest BCUT2D eigenvalue weighted by Crippen LogP contribution is -1.97. The molecule has 0 saturated carbocycles. The smallest absolute Gasteiger partial charge is 0.166 e. The minimum Gasteiger partial charge on any atom is -0.338 e. The number of benzene rings is 1. The topological polar surface area (TPSA) is 24.9 Å². The van der Waals surface area contributed by atoms with Crippen molar-refractivity contribution in [3.8, 4) is 0 Å². The Morgan fingerprint density at radius 2 is 1.89 bits per heavy atom. The molecule has 1 N–H and O–H groups in total. The summed E-state index contributed by atoms with van der Waals surface area (Å²) in [5, 5.41) is 2.96. The third kappa shape index (κ3) is 3.07. The molecule has 0 spiro atoms. The van der Waals surface area contributed by atoms with Gasteiger partial charge in [-0.05, 0) is 45.6 Å². The molecule has 1 heterocycles. The molecular formula is C14H14BrFN2. The van der Waals surface area contributed by atoms with Gasteiger partial charge in [0.05, 0.1) is 0 Å². The van der Waals surface area contributed by atoms with E-state index in [1.807, 2.05) is 24.3 Å². The van der Waals surface area contributed by atoms with Crippen molar-refractivity contribution >= 4 is 27.4 Å². The van der Waals surface area contributed by atoms with Gasteiger partial charge in [0.25, 0.3) is 0 Å². The summed E-state index contributed by atoms with van der Waals surface area (Å²) in [7, 11) is 0. The van der Waals surface area contributed by atoms with E-state index >= 15 is 0 Å². The molecule has 0 aliphatic rings. The summed E-state index contributed by atoms with van der Waals surface area (Å²) in [6, 6.07) is 9.31. The number of halogens is 2. The highest BCUT2D eigenvalue weighted by molar-refractivity contribution is 9.10. The van der Waals surface area contributed by atoms with E-state index in [0.29, 0.717) is 10.4 Å². The summed E-state index contributed by atoms with van der Waals surface area (Å²) in [6.45, 7) is 4.27. The molecule has 0 fully saturated rings. The summed E-state index contributed by atoms with van der Waals surface area (Å²) in [5.74, 6) is 0.342. The highest BCUT2D eigenvalue weighted by Crippen LogP contribution is 2.22. The van der Waals surface area contributed by atoms with Gasteiger partial charge in [0.1, 0.15) is 0 Å². The molecule has 0 aliphatic carbocycles. The van der Waals surface area contributed by atoms with Crippen LogP contribution in [0.15, 0.2) is 41.0 Å². The van der Waals surface area contributed by atoms with Crippen LogP contribution in [0.1, 0.15) is 25.3 Å². The maximum atomic E-state index is 13.6. The van der Waals surface area contributed by atoms with Crippen molar-refractivity contribution in [1.29, 1.82) is 0 Å². The van der Waals surface area contributed by atoms with Crippen molar-refractivity contribution in [2.75, 3.05) is 5.32 Å². The molecule has 1 aromatic carbocycles. The van der Waals surface area contributed by atoms with E-state index < -0.39 is 0 Å². The zero-order valence-electron chi connectivity index (χ0n) is 10.2. The van der Waals surface area contributed by atoms with E-state index in [-0.39, 0.29) is 11.6 Å². The molecule has 1 aromatic heterocycles. The van der Waals surface area contributed by atoms with Gasteiger partial charge in [-0.3, -0.25) is 0 Å². The third-order valence-corrected chi connectivity index (χ3v) is 3.08. The summed E-state index contributed by atoms with van der Waals surface area (Å²) in [4.78, 5) is 4.00. The first-order valence-electron chi connectivity index (χ1n) is 5.74. The summed E-state index contributed by atoms with van der Waals surface area (Å²) in [5.41, 5.74) is 2.08. The van der Waals surface area contributed by atoms with E-state index in [9.17, 15) is 4.39 Å². The number of nitrogens with one attached hydrogen (secondary N) is 1. The SMILES string of the molecule is CC(C)c1ccc(Nc2ncc(Br)cc2F)cc1. The zero-order chi connectivity index (χ0) is 13.1. The average molecular weight is 309 g/mol. The third-order valence-electron chi connectivity index (χ3n) is 2.65. The summed E-state index contributed by atoms with van der Waals surface area (Å²) < 4.78 is 14.2. The Kier molecular flexibility index (Phi) is 3.97. The predicted molar refractivity (Wildman–Crippen MR) is 75.7 cm³/mol. The molecule has 0 atom stereocenters. The number of hydrogen-bond donors (Lipinski definition) is 1. The molecule has 0 radical (unpaired) electrons. The molecule has 18 heavy (non-hydrogen) atoms. The molecule has 0 aliphatic heterocycles. The van der Waals surface area contributed by atoms with Crippen molar-refractivity contribution in [3.05, 3.63) is 52.4 Å². The number of anilines is 2. The van der Waals surface area contributed by atoms with Gasteiger partial charge in [-0.2, -0.15) is 0 Å². The Morgan fingerprint density at radius 3 is 2.44 bits per heavy atom. The largest absolute Gasteiger partial charge is 0.338 e. The minimum atomic E-state index is -0.377. The molecule has 2 aromatic rings. The van der Waals surface area contributed by atoms with Crippen molar-refractivity contribution in [3.63, 3.8) is 0 Å². The molecular weight excluding hydrogens is 295 g/mol. The molecule has 0 unspecified atom stereocenters. The fourth-order valence-corrected chi connectivity index (χ4v) is 1.90. The number of pyridine rings is 1. The van der Waals surface area contributed by atoms with Gasteiger partial charge in [-0.25, -0.2) is 9.37 Å². The number of aromatic nitrogens is 1. The number of nitrogens with zero attached hydrogens (tertiary/aromatic N) is 1. The first-order chi connectivity index (χ1) is 8.56. The fourth-order valence-electron chi connectivity index (χ4n) is 1.59. The van der Waals surface area contributed by atoms with Gasteiger partial charge < -0.3 is 5.32 Å². The van der Waals surface area contributed by atoms with Crippen LogP contribution < -0.4 is 5.32 Å². The van der Waals surface area contributed by atoms with Gasteiger partial charge in [0.15, 0.2) is 11.6 Å². The van der Waals surface area contributed by atoms with Crippen molar-refractivity contribution in [2.24, 2.45) is 0 Å². The summed E-state index contributed by atoms with van der Waals surface area (Å²) >= 11 is 3.18. The van der Waals surface area contributed by atoms with E-state index in [1.54, 1.807) is 6.20 Å². The second kappa shape index (κ2) is 5.48. The van der Waals surface area contributed by atoms with E-state index in [1.165, 1.54) is 11.6 Å². The highest BCUT2D eigenvalue weighted by atomic mass is 79.9. The van der Waals surface area contributed by atoms with Crippen molar-refractivity contribution in [1.82, 2.24) is 4.98 Å². The van der Waals surface area contributed by atoms with Crippen LogP contribution in [0.3, 0.4) is 0 Å². The molecule has 0 saturated heterocycles. The molecule has 0 bridgehead atoms. The van der Waals surface area contributed by atoms with Crippen molar-refractivity contribution < 1.29 is 4.39 Å². The molecule has 0 amide bonds. The van der Waals surface area contributed by atoms with Crippen LogP contribution in [-0.2, 0) is 0 Å². The van der Waals surface area contributed by atoms with Crippen molar-refractivity contribution in [2.45, 2.75) is 19.8 Å². The normalized spacial score (nSPS) is 10.7. The van der Waals surface area contributed by atoms with E-state index in [0.717, 1.165) is 5.69 Å². The lowest BCUT2D eigenvalue weighted by molar-refractivity contribution is 0.625. The lowest BCUT2D eigenvalue weighted by atomic mass is 10.0. The van der Waals surface area contributed by atoms with Crippen LogP contribution in [0, 0.1) is 5.82 Å². The van der Waals surface area contributed by atoms with Crippen LogP contribution in [0.2, 0.25) is 0 Å². The Bertz CT molecular complexity index is 538. The fraction of sp³-hybridized carbons (Fsp3) is 0.214. The predicted octanol–water partition coefficient (Wildman–Crippen LogP) is 4.85. The van der Waals surface area contributed by atoms with E-state index in [4.69, 9.17) is 0 Å². The van der Waals surface area contributed by atoms with E-state index in [2.05, 4.69) is 40.1 Å². The Balaban J connectivity index is 2.18. The van der Waals surface area contributed by atoms with Gasteiger partial charge >= 0.3 is 0 Å². The van der Waals surface area contributed by atoms with Crippen LogP contribution in [-0.4, -0.2) is 4.98 Å².